The highest BCUT2D eigenvalue weighted by molar-refractivity contribution is 5.54. The molecule has 1 aliphatic rings. The van der Waals surface area contributed by atoms with Crippen LogP contribution in [0.5, 0.6) is 5.75 Å². The maximum atomic E-state index is 9.45. The second-order valence-corrected chi connectivity index (χ2v) is 7.05. The van der Waals surface area contributed by atoms with Crippen LogP contribution in [-0.2, 0) is 0 Å². The first-order valence-electron chi connectivity index (χ1n) is 9.85. The molecule has 0 aliphatic carbocycles. The molecule has 29 heavy (non-hydrogen) atoms. The number of piperidine rings is 1. The predicted octanol–water partition coefficient (Wildman–Crippen LogP) is 4.45. The van der Waals surface area contributed by atoms with Crippen molar-refractivity contribution in [3.05, 3.63) is 53.9 Å². The minimum absolute atomic E-state index is 0.157. The van der Waals surface area contributed by atoms with E-state index < -0.39 is 0 Å². The molecular weight excluding hydrogens is 368 g/mol. The number of furan rings is 1. The molecule has 1 unspecified atom stereocenters. The van der Waals surface area contributed by atoms with Crippen molar-refractivity contribution in [1.29, 1.82) is 5.26 Å². The van der Waals surface area contributed by atoms with E-state index in [1.807, 2.05) is 12.1 Å². The molecule has 1 N–H and O–H groups in total. The summed E-state index contributed by atoms with van der Waals surface area (Å²) in [7, 11) is 1.67. The molecule has 7 nitrogen and oxygen atoms in total. The number of methoxy groups -OCH3 is 1. The number of benzene rings is 1. The number of oxazole rings is 1. The van der Waals surface area contributed by atoms with Crippen molar-refractivity contribution in [1.82, 2.24) is 9.88 Å². The fraction of sp³-hybridized carbons (Fsp3) is 0.364. The number of anilines is 1. The molecule has 0 radical (unpaired) electrons. The molecule has 4 rings (SSSR count). The van der Waals surface area contributed by atoms with Gasteiger partial charge in [-0.3, -0.25) is 4.90 Å². The largest absolute Gasteiger partial charge is 0.497 e. The van der Waals surface area contributed by atoms with Crippen molar-refractivity contribution in [3.8, 4) is 23.5 Å². The van der Waals surface area contributed by atoms with Gasteiger partial charge in [-0.25, -0.2) is 0 Å². The van der Waals surface area contributed by atoms with Gasteiger partial charge in [-0.15, -0.1) is 0 Å². The van der Waals surface area contributed by atoms with Crippen molar-refractivity contribution < 1.29 is 13.6 Å². The first-order valence-corrected chi connectivity index (χ1v) is 9.85. The van der Waals surface area contributed by atoms with Gasteiger partial charge in [-0.05, 0) is 55.8 Å². The van der Waals surface area contributed by atoms with Gasteiger partial charge in [0.2, 0.25) is 11.6 Å². The Balaban J connectivity index is 1.55. The number of nitrogens with one attached hydrogen (secondary N) is 1. The van der Waals surface area contributed by atoms with Crippen molar-refractivity contribution in [2.75, 3.05) is 32.1 Å². The monoisotopic (exact) mass is 392 g/mol. The molecule has 1 fully saturated rings. The first kappa shape index (κ1) is 19.1. The van der Waals surface area contributed by atoms with E-state index >= 15 is 0 Å². The highest BCUT2D eigenvalue weighted by Gasteiger charge is 2.24. The summed E-state index contributed by atoms with van der Waals surface area (Å²) >= 11 is 0. The third-order valence-corrected chi connectivity index (χ3v) is 5.25. The summed E-state index contributed by atoms with van der Waals surface area (Å²) in [5, 5.41) is 12.8. The molecule has 0 spiro atoms. The minimum atomic E-state index is 0.157. The van der Waals surface area contributed by atoms with Crippen LogP contribution in [0.15, 0.2) is 51.5 Å². The zero-order valence-electron chi connectivity index (χ0n) is 16.4. The van der Waals surface area contributed by atoms with Crippen LogP contribution in [0.25, 0.3) is 11.7 Å². The Morgan fingerprint density at radius 2 is 2.00 bits per heavy atom. The van der Waals surface area contributed by atoms with E-state index in [-0.39, 0.29) is 11.7 Å². The molecule has 2 aromatic heterocycles. The second-order valence-electron chi connectivity index (χ2n) is 7.05. The molecule has 150 valence electrons. The summed E-state index contributed by atoms with van der Waals surface area (Å²) < 4.78 is 16.4. The first-order chi connectivity index (χ1) is 14.3. The van der Waals surface area contributed by atoms with Crippen LogP contribution in [0.3, 0.4) is 0 Å². The molecule has 0 amide bonds. The number of nitrogens with zero attached hydrogens (tertiary/aromatic N) is 3. The Hall–Kier alpha value is -3.24. The average molecular weight is 392 g/mol. The molecule has 3 aromatic rings. The van der Waals surface area contributed by atoms with E-state index in [2.05, 4.69) is 33.4 Å². The maximum absolute atomic E-state index is 9.45. The van der Waals surface area contributed by atoms with Gasteiger partial charge in [0.1, 0.15) is 11.8 Å². The fourth-order valence-electron chi connectivity index (χ4n) is 3.72. The molecule has 1 aromatic carbocycles. The highest BCUT2D eigenvalue weighted by Crippen LogP contribution is 2.29. The van der Waals surface area contributed by atoms with Crippen molar-refractivity contribution in [3.63, 3.8) is 0 Å². The summed E-state index contributed by atoms with van der Waals surface area (Å²) in [5.74, 6) is 2.00. The molecule has 1 atom stereocenters. The zero-order chi connectivity index (χ0) is 20.1. The third-order valence-electron chi connectivity index (χ3n) is 5.25. The lowest BCUT2D eigenvalue weighted by Gasteiger charge is -2.35. The van der Waals surface area contributed by atoms with Crippen molar-refractivity contribution in [2.45, 2.75) is 25.3 Å². The van der Waals surface area contributed by atoms with Gasteiger partial charge < -0.3 is 18.9 Å². The van der Waals surface area contributed by atoms with Gasteiger partial charge in [-0.2, -0.15) is 10.2 Å². The lowest BCUT2D eigenvalue weighted by atomic mass is 10.0. The standard InChI is InChI=1S/C22H24N4O3/c1-27-17-9-7-16(8-10-17)19(26-11-3-2-4-12-26)15-24-21-18(14-23)25-22(29-21)20-6-5-13-28-20/h5-10,13,19,24H,2-4,11-12,15H2,1H3. The van der Waals surface area contributed by atoms with Crippen molar-refractivity contribution in [2.24, 2.45) is 0 Å². The molecule has 0 bridgehead atoms. The van der Waals surface area contributed by atoms with Crippen LogP contribution in [0.1, 0.15) is 36.6 Å². The smallest absolute Gasteiger partial charge is 0.266 e. The van der Waals surface area contributed by atoms with E-state index in [9.17, 15) is 5.26 Å². The topological polar surface area (TPSA) is 87.5 Å². The van der Waals surface area contributed by atoms with Crippen LogP contribution in [-0.4, -0.2) is 36.6 Å². The second kappa shape index (κ2) is 8.84. The van der Waals surface area contributed by atoms with E-state index in [0.717, 1.165) is 18.8 Å². The molecule has 3 heterocycles. The Morgan fingerprint density at radius 3 is 2.66 bits per heavy atom. The van der Waals surface area contributed by atoms with Crippen LogP contribution < -0.4 is 10.1 Å². The maximum Gasteiger partial charge on any atom is 0.266 e. The number of nitriles is 1. The normalized spacial score (nSPS) is 15.6. The van der Waals surface area contributed by atoms with Gasteiger partial charge in [0.05, 0.1) is 19.4 Å². The van der Waals surface area contributed by atoms with Gasteiger partial charge >= 0.3 is 0 Å². The van der Waals surface area contributed by atoms with Gasteiger partial charge in [0, 0.05) is 6.54 Å². The van der Waals surface area contributed by atoms with E-state index in [1.165, 1.54) is 24.8 Å². The number of aromatic nitrogens is 1. The molecule has 7 heteroatoms. The molecule has 1 aliphatic heterocycles. The number of rotatable bonds is 7. The number of hydrogen-bond donors (Lipinski definition) is 1. The van der Waals surface area contributed by atoms with Crippen molar-refractivity contribution >= 4 is 5.88 Å². The van der Waals surface area contributed by atoms with Crippen LogP contribution >= 0.6 is 0 Å². The Bertz CT molecular complexity index is 951. The molecular formula is C22H24N4O3. The van der Waals surface area contributed by atoms with Gasteiger partial charge in [0.25, 0.3) is 5.89 Å². The Morgan fingerprint density at radius 1 is 1.21 bits per heavy atom. The molecule has 1 saturated heterocycles. The molecule has 0 saturated carbocycles. The average Bonchev–Trinajstić information content (AvgIpc) is 3.45. The van der Waals surface area contributed by atoms with E-state index in [4.69, 9.17) is 13.6 Å². The van der Waals surface area contributed by atoms with Gasteiger partial charge in [-0.1, -0.05) is 18.6 Å². The summed E-state index contributed by atoms with van der Waals surface area (Å²) in [6.07, 6.45) is 5.21. The Labute approximate surface area is 169 Å². The lowest BCUT2D eigenvalue weighted by molar-refractivity contribution is 0.170. The summed E-state index contributed by atoms with van der Waals surface area (Å²) in [6.45, 7) is 2.71. The Kier molecular flexibility index (Phi) is 5.82. The highest BCUT2D eigenvalue weighted by atomic mass is 16.5. The third kappa shape index (κ3) is 4.28. The zero-order valence-corrected chi connectivity index (χ0v) is 16.4. The van der Waals surface area contributed by atoms with E-state index in [1.54, 1.807) is 25.5 Å². The van der Waals surface area contributed by atoms with Crippen LogP contribution in [0, 0.1) is 11.3 Å². The predicted molar refractivity (Wildman–Crippen MR) is 109 cm³/mol. The van der Waals surface area contributed by atoms with E-state index in [0.29, 0.717) is 24.1 Å². The van der Waals surface area contributed by atoms with Crippen LogP contribution in [0.2, 0.25) is 0 Å². The summed E-state index contributed by atoms with van der Waals surface area (Å²) in [4.78, 5) is 6.72. The number of likely N-dealkylation sites (tertiary alicyclic amines) is 1. The number of hydrogen-bond acceptors (Lipinski definition) is 7. The summed E-state index contributed by atoms with van der Waals surface area (Å²) in [5.41, 5.74) is 1.42. The van der Waals surface area contributed by atoms with Gasteiger partial charge in [0.15, 0.2) is 5.76 Å². The SMILES string of the molecule is COc1ccc(C(CNc2oc(-c3ccco3)nc2C#N)N2CCCCC2)cc1. The van der Waals surface area contributed by atoms with Crippen LogP contribution in [0.4, 0.5) is 5.88 Å². The quantitative estimate of drug-likeness (QED) is 0.635. The fourth-order valence-corrected chi connectivity index (χ4v) is 3.72. The summed E-state index contributed by atoms with van der Waals surface area (Å²) in [6, 6.07) is 13.9. The number of ether oxygens (including phenoxy) is 1. The minimum Gasteiger partial charge on any atom is -0.497 e. The lowest BCUT2D eigenvalue weighted by Crippen LogP contribution is -2.37.